The number of carbonyl (C=O) groups is 1. The molecular weight excluding hydrogens is 552 g/mol. The van der Waals surface area contributed by atoms with E-state index in [2.05, 4.69) is 49.8 Å². The number of ether oxygens (including phenoxy) is 1. The van der Waals surface area contributed by atoms with Crippen LogP contribution in [0.15, 0.2) is 54.9 Å². The van der Waals surface area contributed by atoms with Crippen LogP contribution in [0.5, 0.6) is 5.75 Å². The van der Waals surface area contributed by atoms with Gasteiger partial charge in [-0.25, -0.2) is 4.98 Å². The Balaban J connectivity index is 1.31. The molecule has 41 heavy (non-hydrogen) atoms. The number of hydrogen-bond donors (Lipinski definition) is 2. The van der Waals surface area contributed by atoms with Gasteiger partial charge in [0, 0.05) is 76.5 Å². The minimum absolute atomic E-state index is 0.126. The molecule has 0 spiro atoms. The van der Waals surface area contributed by atoms with Crippen molar-refractivity contribution in [2.45, 2.75) is 31.5 Å². The number of alkyl halides is 3. The third-order valence-electron chi connectivity index (χ3n) is 7.51. The molecule has 0 radical (unpaired) electrons. The Morgan fingerprint density at radius 2 is 2.00 bits per heavy atom. The van der Waals surface area contributed by atoms with Crippen molar-refractivity contribution in [2.75, 3.05) is 18.9 Å². The van der Waals surface area contributed by atoms with Gasteiger partial charge in [-0.1, -0.05) is 0 Å². The summed E-state index contributed by atoms with van der Waals surface area (Å²) in [6, 6.07) is 11.4. The molecule has 1 aliphatic heterocycles. The van der Waals surface area contributed by atoms with Crippen molar-refractivity contribution >= 4 is 34.2 Å². The number of likely N-dealkylation sites (N-methyl/N-ethyl adjacent to an activating group) is 1. The second-order valence-electron chi connectivity index (χ2n) is 10.5. The first-order valence-corrected chi connectivity index (χ1v) is 13.4. The van der Waals surface area contributed by atoms with Crippen LogP contribution in [0.25, 0.3) is 33.4 Å². The zero-order chi connectivity index (χ0) is 28.5. The number of benzene rings is 2. The van der Waals surface area contributed by atoms with Gasteiger partial charge in [-0.15, -0.1) is 8.78 Å². The minimum atomic E-state index is -3.82. The lowest BCUT2D eigenvalue weighted by molar-refractivity contribution is -0.0964. The number of imidazole rings is 1. The van der Waals surface area contributed by atoms with Crippen LogP contribution in [-0.2, 0) is 13.0 Å². The second kappa shape index (κ2) is 9.35. The molecule has 2 aliphatic rings. The molecule has 0 unspecified atom stereocenters. The van der Waals surface area contributed by atoms with E-state index in [1.807, 2.05) is 18.5 Å². The lowest BCUT2D eigenvalue weighted by Gasteiger charge is -2.30. The van der Waals surface area contributed by atoms with Crippen LogP contribution in [0.3, 0.4) is 0 Å². The van der Waals surface area contributed by atoms with Gasteiger partial charge in [-0.05, 0) is 56.4 Å². The van der Waals surface area contributed by atoms with Crippen molar-refractivity contribution in [1.29, 1.82) is 0 Å². The van der Waals surface area contributed by atoms with Gasteiger partial charge in [0.1, 0.15) is 11.6 Å². The zero-order valence-corrected chi connectivity index (χ0v) is 22.8. The summed E-state index contributed by atoms with van der Waals surface area (Å²) in [6.07, 6.45) is 4.46. The Kier molecular flexibility index (Phi) is 5.84. The van der Waals surface area contributed by atoms with Crippen molar-refractivity contribution < 1.29 is 18.3 Å². The van der Waals surface area contributed by atoms with Crippen molar-refractivity contribution in [1.82, 2.24) is 29.6 Å². The lowest BCUT2D eigenvalue weighted by Crippen LogP contribution is -2.33. The molecule has 7 rings (SSSR count). The number of anilines is 1. The fraction of sp³-hybridized carbons (Fsp3) is 0.241. The van der Waals surface area contributed by atoms with E-state index in [4.69, 9.17) is 21.6 Å². The van der Waals surface area contributed by atoms with Gasteiger partial charge in [0.2, 0.25) is 0 Å². The van der Waals surface area contributed by atoms with Crippen LogP contribution >= 0.6 is 11.6 Å². The highest BCUT2D eigenvalue weighted by atomic mass is 35.5. The summed E-state index contributed by atoms with van der Waals surface area (Å²) < 4.78 is 32.5. The Morgan fingerprint density at radius 1 is 1.20 bits per heavy atom. The molecule has 1 aliphatic carbocycles. The normalized spacial score (nSPS) is 16.4. The van der Waals surface area contributed by atoms with Crippen molar-refractivity contribution in [2.24, 2.45) is 0 Å². The summed E-state index contributed by atoms with van der Waals surface area (Å²) in [5.74, 6) is 0.429. The van der Waals surface area contributed by atoms with E-state index in [-0.39, 0.29) is 17.7 Å². The number of fused-ring (bicyclic) bond motifs is 6. The maximum atomic E-state index is 13.5. The standard InChI is InChI=1S/C29H24ClF2N7O2/c1-15-13-38(2)14-25-36-24-9-16(28(40)35-19-3-5-20(6-4-19)41-29(30,31)32)7-21(27(24)39(15)25)17-8-22-23(33-11-17)10-18-12-34-37-26(18)22/h3-9,11-12,15H,10,13-14H2,1-2H3,(H,34,37)(H,35,40)/t15-/m1/s1. The monoisotopic (exact) mass is 575 g/mol. The van der Waals surface area contributed by atoms with E-state index in [1.54, 1.807) is 6.07 Å². The Bertz CT molecular complexity index is 1830. The second-order valence-corrected chi connectivity index (χ2v) is 11.0. The van der Waals surface area contributed by atoms with Crippen molar-refractivity contribution in [3.63, 3.8) is 0 Å². The molecule has 12 heteroatoms. The molecule has 5 aromatic rings. The highest BCUT2D eigenvalue weighted by Gasteiger charge is 2.29. The Hall–Kier alpha value is -4.35. The van der Waals surface area contributed by atoms with Crippen LogP contribution in [0.2, 0.25) is 0 Å². The van der Waals surface area contributed by atoms with E-state index >= 15 is 0 Å². The largest absolute Gasteiger partial charge is 0.487 e. The molecular formula is C29H24ClF2N7O2. The van der Waals surface area contributed by atoms with Gasteiger partial charge in [0.05, 0.1) is 29.0 Å². The highest BCUT2D eigenvalue weighted by Crippen LogP contribution is 2.40. The molecule has 1 atom stereocenters. The number of H-pyrrole nitrogens is 1. The highest BCUT2D eigenvalue weighted by molar-refractivity contribution is 6.20. The summed E-state index contributed by atoms with van der Waals surface area (Å²) in [4.78, 5) is 25.4. The smallest absolute Gasteiger partial charge is 0.420 e. The van der Waals surface area contributed by atoms with Gasteiger partial charge < -0.3 is 14.6 Å². The lowest BCUT2D eigenvalue weighted by atomic mass is 9.99. The molecule has 0 saturated carbocycles. The van der Waals surface area contributed by atoms with Gasteiger partial charge in [0.15, 0.2) is 0 Å². The molecule has 0 bridgehead atoms. The van der Waals surface area contributed by atoms with Gasteiger partial charge in [-0.2, -0.15) is 5.10 Å². The summed E-state index contributed by atoms with van der Waals surface area (Å²) in [6.45, 7) is 3.72. The predicted molar refractivity (Wildman–Crippen MR) is 150 cm³/mol. The SMILES string of the molecule is C[C@@H]1CN(C)Cc2nc3cc(C(=O)Nc4ccc(OC(F)(F)Cl)cc4)cc(-c4cnc5c(c4)-c4n[nH]cc4C5)c3n21. The number of carbonyl (C=O) groups excluding carboxylic acids is 1. The summed E-state index contributed by atoms with van der Waals surface area (Å²) in [7, 11) is 2.07. The average Bonchev–Trinajstić information content (AvgIpc) is 3.61. The summed E-state index contributed by atoms with van der Waals surface area (Å²) >= 11 is 4.84. The summed E-state index contributed by atoms with van der Waals surface area (Å²) in [5.41, 5.74) is 4.28. The van der Waals surface area contributed by atoms with E-state index in [1.165, 1.54) is 24.3 Å². The molecule has 2 aromatic carbocycles. The van der Waals surface area contributed by atoms with Crippen LogP contribution in [0.4, 0.5) is 14.5 Å². The van der Waals surface area contributed by atoms with Crippen LogP contribution in [-0.4, -0.2) is 54.7 Å². The van der Waals surface area contributed by atoms with Crippen LogP contribution in [0.1, 0.15) is 40.4 Å². The number of aromatic amines is 1. The van der Waals surface area contributed by atoms with E-state index in [0.29, 0.717) is 23.3 Å². The fourth-order valence-corrected chi connectivity index (χ4v) is 5.94. The van der Waals surface area contributed by atoms with Gasteiger partial charge >= 0.3 is 5.57 Å². The molecule has 4 heterocycles. The number of hydrogen-bond acceptors (Lipinski definition) is 6. The molecule has 0 fully saturated rings. The van der Waals surface area contributed by atoms with E-state index in [9.17, 15) is 13.6 Å². The number of nitrogens with zero attached hydrogens (tertiary/aromatic N) is 5. The molecule has 0 saturated heterocycles. The minimum Gasteiger partial charge on any atom is -0.420 e. The zero-order valence-electron chi connectivity index (χ0n) is 22.1. The van der Waals surface area contributed by atoms with Gasteiger partial charge in [-0.3, -0.25) is 19.8 Å². The number of halogens is 3. The number of pyridine rings is 1. The molecule has 1 amide bonds. The molecule has 2 N–H and O–H groups in total. The molecule has 208 valence electrons. The first-order chi connectivity index (χ1) is 19.6. The average molecular weight is 576 g/mol. The van der Waals surface area contributed by atoms with E-state index < -0.39 is 5.57 Å². The Morgan fingerprint density at radius 3 is 2.78 bits per heavy atom. The quantitative estimate of drug-likeness (QED) is 0.251. The maximum Gasteiger partial charge on any atom is 0.487 e. The fourth-order valence-electron chi connectivity index (χ4n) is 5.85. The van der Waals surface area contributed by atoms with Gasteiger partial charge in [0.25, 0.3) is 5.91 Å². The maximum absolute atomic E-state index is 13.5. The molecule has 3 aromatic heterocycles. The van der Waals surface area contributed by atoms with Crippen LogP contribution < -0.4 is 10.1 Å². The van der Waals surface area contributed by atoms with Crippen molar-refractivity contribution in [3.8, 4) is 28.1 Å². The number of rotatable bonds is 5. The number of amides is 1. The third-order valence-corrected chi connectivity index (χ3v) is 7.58. The molecule has 9 nitrogen and oxygen atoms in total. The predicted octanol–water partition coefficient (Wildman–Crippen LogP) is 5.82. The first kappa shape index (κ1) is 25.6. The summed E-state index contributed by atoms with van der Waals surface area (Å²) in [5, 5.41) is 10.2. The number of nitrogens with one attached hydrogen (secondary N) is 2. The van der Waals surface area contributed by atoms with Crippen LogP contribution in [0, 0.1) is 0 Å². The number of aromatic nitrogens is 5. The van der Waals surface area contributed by atoms with E-state index in [0.717, 1.165) is 57.9 Å². The Labute approximate surface area is 238 Å². The first-order valence-electron chi connectivity index (χ1n) is 13.1. The topological polar surface area (TPSA) is 101 Å². The third kappa shape index (κ3) is 4.60. The van der Waals surface area contributed by atoms with Crippen molar-refractivity contribution in [3.05, 3.63) is 77.5 Å².